The summed E-state index contributed by atoms with van der Waals surface area (Å²) in [6.07, 6.45) is 4.09. The molecule has 1 unspecified atom stereocenters. The molecular formula is C13H21FN2O. The molecular weight excluding hydrogens is 219 g/mol. The Balaban J connectivity index is 2.67. The molecule has 0 spiro atoms. The predicted octanol–water partition coefficient (Wildman–Crippen LogP) is 2.69. The van der Waals surface area contributed by atoms with E-state index in [9.17, 15) is 4.39 Å². The van der Waals surface area contributed by atoms with Crippen LogP contribution in [0.5, 0.6) is 0 Å². The molecule has 0 aliphatic heterocycles. The molecule has 1 heterocycles. The lowest BCUT2D eigenvalue weighted by Gasteiger charge is -2.20. The Morgan fingerprint density at radius 2 is 2.18 bits per heavy atom. The number of ether oxygens (including phenoxy) is 1. The molecule has 0 amide bonds. The van der Waals surface area contributed by atoms with E-state index in [1.807, 2.05) is 13.8 Å². The highest BCUT2D eigenvalue weighted by Gasteiger charge is 2.12. The molecule has 1 rings (SSSR count). The molecule has 1 aromatic heterocycles. The average molecular weight is 240 g/mol. The molecule has 3 nitrogen and oxygen atoms in total. The van der Waals surface area contributed by atoms with Crippen molar-refractivity contribution in [2.75, 3.05) is 13.2 Å². The summed E-state index contributed by atoms with van der Waals surface area (Å²) in [7, 11) is 0. The largest absolute Gasteiger partial charge is 0.377 e. The molecule has 0 fully saturated rings. The van der Waals surface area contributed by atoms with Crippen molar-refractivity contribution in [1.29, 1.82) is 0 Å². The topological polar surface area (TPSA) is 34.1 Å². The van der Waals surface area contributed by atoms with Crippen LogP contribution in [0.3, 0.4) is 0 Å². The van der Waals surface area contributed by atoms with Gasteiger partial charge in [0.25, 0.3) is 0 Å². The maximum absolute atomic E-state index is 13.1. The van der Waals surface area contributed by atoms with Gasteiger partial charge >= 0.3 is 0 Å². The third-order valence-corrected chi connectivity index (χ3v) is 2.37. The van der Waals surface area contributed by atoms with E-state index in [2.05, 4.69) is 17.2 Å². The van der Waals surface area contributed by atoms with Gasteiger partial charge in [-0.05, 0) is 38.4 Å². The van der Waals surface area contributed by atoms with E-state index in [0.29, 0.717) is 6.61 Å². The Labute approximate surface area is 102 Å². The Morgan fingerprint density at radius 1 is 1.41 bits per heavy atom. The number of nitrogens with one attached hydrogen (secondary N) is 1. The van der Waals surface area contributed by atoms with Gasteiger partial charge in [0.1, 0.15) is 5.82 Å². The average Bonchev–Trinajstić information content (AvgIpc) is 2.29. The first-order valence-corrected chi connectivity index (χ1v) is 6.09. The van der Waals surface area contributed by atoms with E-state index in [1.165, 1.54) is 12.3 Å². The molecule has 17 heavy (non-hydrogen) atoms. The SMILES string of the molecule is CCCNC(COC(C)C)c1cncc(F)c1. The lowest BCUT2D eigenvalue weighted by Crippen LogP contribution is -2.27. The molecule has 1 N–H and O–H groups in total. The van der Waals surface area contributed by atoms with Crippen LogP contribution >= 0.6 is 0 Å². The van der Waals surface area contributed by atoms with Crippen LogP contribution in [0.25, 0.3) is 0 Å². The van der Waals surface area contributed by atoms with Crippen molar-refractivity contribution in [3.8, 4) is 0 Å². The second-order valence-corrected chi connectivity index (χ2v) is 4.33. The second-order valence-electron chi connectivity index (χ2n) is 4.33. The number of pyridine rings is 1. The van der Waals surface area contributed by atoms with E-state index < -0.39 is 0 Å². The smallest absolute Gasteiger partial charge is 0.141 e. The van der Waals surface area contributed by atoms with E-state index >= 15 is 0 Å². The van der Waals surface area contributed by atoms with Crippen LogP contribution in [0.15, 0.2) is 18.5 Å². The zero-order chi connectivity index (χ0) is 12.7. The van der Waals surface area contributed by atoms with Crippen molar-refractivity contribution in [3.05, 3.63) is 29.8 Å². The zero-order valence-corrected chi connectivity index (χ0v) is 10.7. The molecule has 0 aliphatic carbocycles. The molecule has 0 bridgehead atoms. The molecule has 0 radical (unpaired) electrons. The van der Waals surface area contributed by atoms with E-state index in [4.69, 9.17) is 4.74 Å². The fourth-order valence-electron chi connectivity index (χ4n) is 1.50. The molecule has 4 heteroatoms. The van der Waals surface area contributed by atoms with Crippen molar-refractivity contribution < 1.29 is 9.13 Å². The molecule has 0 aromatic carbocycles. The fourth-order valence-corrected chi connectivity index (χ4v) is 1.50. The molecule has 0 aliphatic rings. The standard InChI is InChI=1S/C13H21FN2O/c1-4-5-16-13(9-17-10(2)3)11-6-12(14)8-15-7-11/h6-8,10,13,16H,4-5,9H2,1-3H3. The maximum Gasteiger partial charge on any atom is 0.141 e. The van der Waals surface area contributed by atoms with Crippen molar-refractivity contribution in [2.45, 2.75) is 39.3 Å². The van der Waals surface area contributed by atoms with Gasteiger partial charge < -0.3 is 10.1 Å². The first kappa shape index (κ1) is 14.1. The third-order valence-electron chi connectivity index (χ3n) is 2.37. The number of nitrogens with zero attached hydrogens (tertiary/aromatic N) is 1. The highest BCUT2D eigenvalue weighted by molar-refractivity contribution is 5.15. The van der Waals surface area contributed by atoms with Crippen molar-refractivity contribution >= 4 is 0 Å². The molecule has 96 valence electrons. The summed E-state index contributed by atoms with van der Waals surface area (Å²) in [5, 5.41) is 3.34. The van der Waals surface area contributed by atoms with E-state index in [1.54, 1.807) is 6.20 Å². The first-order valence-electron chi connectivity index (χ1n) is 6.09. The molecule has 0 saturated carbocycles. The Bertz CT molecular complexity index is 331. The quantitative estimate of drug-likeness (QED) is 0.795. The van der Waals surface area contributed by atoms with Crippen LogP contribution in [0, 0.1) is 5.82 Å². The lowest BCUT2D eigenvalue weighted by molar-refractivity contribution is 0.0610. The highest BCUT2D eigenvalue weighted by atomic mass is 19.1. The summed E-state index contributed by atoms with van der Waals surface area (Å²) in [5.74, 6) is -0.310. The summed E-state index contributed by atoms with van der Waals surface area (Å²) in [6.45, 7) is 7.48. The molecule has 0 saturated heterocycles. The van der Waals surface area contributed by atoms with Gasteiger partial charge in [0.2, 0.25) is 0 Å². The second kappa shape index (κ2) is 7.35. The van der Waals surface area contributed by atoms with Gasteiger partial charge in [0.05, 0.1) is 24.9 Å². The number of hydrogen-bond donors (Lipinski definition) is 1. The monoisotopic (exact) mass is 240 g/mol. The number of rotatable bonds is 7. The minimum atomic E-state index is -0.310. The fraction of sp³-hybridized carbons (Fsp3) is 0.615. The Kier molecular flexibility index (Phi) is 6.08. The van der Waals surface area contributed by atoms with Crippen molar-refractivity contribution in [3.63, 3.8) is 0 Å². The third kappa shape index (κ3) is 5.24. The summed E-state index contributed by atoms with van der Waals surface area (Å²) in [6, 6.07) is 1.50. The van der Waals surface area contributed by atoms with Crippen LogP contribution in [0.1, 0.15) is 38.8 Å². The van der Waals surface area contributed by atoms with Crippen LogP contribution < -0.4 is 5.32 Å². The maximum atomic E-state index is 13.1. The number of hydrogen-bond acceptors (Lipinski definition) is 3. The van der Waals surface area contributed by atoms with Gasteiger partial charge in [-0.15, -0.1) is 0 Å². The summed E-state index contributed by atoms with van der Waals surface area (Å²) in [4.78, 5) is 3.87. The number of halogens is 1. The van der Waals surface area contributed by atoms with Gasteiger partial charge in [0.15, 0.2) is 0 Å². The van der Waals surface area contributed by atoms with Crippen LogP contribution in [0.4, 0.5) is 4.39 Å². The van der Waals surface area contributed by atoms with E-state index in [0.717, 1.165) is 18.5 Å². The summed E-state index contributed by atoms with van der Waals surface area (Å²) in [5.41, 5.74) is 0.833. The van der Waals surface area contributed by atoms with Crippen LogP contribution in [-0.4, -0.2) is 24.2 Å². The van der Waals surface area contributed by atoms with E-state index in [-0.39, 0.29) is 18.0 Å². The molecule has 1 aromatic rings. The van der Waals surface area contributed by atoms with Crippen molar-refractivity contribution in [1.82, 2.24) is 10.3 Å². The van der Waals surface area contributed by atoms with Gasteiger partial charge in [-0.25, -0.2) is 4.39 Å². The highest BCUT2D eigenvalue weighted by Crippen LogP contribution is 2.14. The van der Waals surface area contributed by atoms with Gasteiger partial charge in [-0.2, -0.15) is 0 Å². The van der Waals surface area contributed by atoms with Gasteiger partial charge in [-0.3, -0.25) is 4.98 Å². The first-order chi connectivity index (χ1) is 8.13. The predicted molar refractivity (Wildman–Crippen MR) is 66.3 cm³/mol. The van der Waals surface area contributed by atoms with Gasteiger partial charge in [-0.1, -0.05) is 6.92 Å². The Morgan fingerprint density at radius 3 is 2.76 bits per heavy atom. The summed E-state index contributed by atoms with van der Waals surface area (Å²) < 4.78 is 18.7. The minimum Gasteiger partial charge on any atom is -0.377 e. The summed E-state index contributed by atoms with van der Waals surface area (Å²) >= 11 is 0. The minimum absolute atomic E-state index is 0.000509. The Hall–Kier alpha value is -1.00. The van der Waals surface area contributed by atoms with Gasteiger partial charge in [0, 0.05) is 6.20 Å². The zero-order valence-electron chi connectivity index (χ0n) is 10.7. The lowest BCUT2D eigenvalue weighted by atomic mass is 10.1. The van der Waals surface area contributed by atoms with Crippen molar-refractivity contribution in [2.24, 2.45) is 0 Å². The normalized spacial score (nSPS) is 13.0. The molecule has 1 atom stereocenters. The van der Waals surface area contributed by atoms with Crippen LogP contribution in [-0.2, 0) is 4.74 Å². The number of aromatic nitrogens is 1. The van der Waals surface area contributed by atoms with Crippen LogP contribution in [0.2, 0.25) is 0 Å².